The van der Waals surface area contributed by atoms with E-state index in [-0.39, 0.29) is 22.8 Å². The number of carboxylic acids is 1. The number of hydrogen-bond acceptors (Lipinski definition) is 5. The van der Waals surface area contributed by atoms with Crippen LogP contribution in [0.4, 0.5) is 22.0 Å². The van der Waals surface area contributed by atoms with Crippen LogP contribution in [0.25, 0.3) is 0 Å². The SMILES string of the molecule is CC1(c2ccc(OCC(=O)O)cc2)CSc2cc(O)ccc2C1CCCCCCCCCS(=O)CCCC(F)(F)C(F)(F)F. The highest BCUT2D eigenvalue weighted by molar-refractivity contribution is 7.99. The molecule has 0 aliphatic carbocycles. The van der Waals surface area contributed by atoms with Gasteiger partial charge < -0.3 is 14.9 Å². The number of ether oxygens (including phenoxy) is 1. The molecule has 0 spiro atoms. The van der Waals surface area contributed by atoms with Crippen molar-refractivity contribution in [1.82, 2.24) is 0 Å². The van der Waals surface area contributed by atoms with E-state index in [1.165, 1.54) is 5.56 Å². The smallest absolute Gasteiger partial charge is 0.453 e. The molecule has 5 nitrogen and oxygen atoms in total. The molecule has 2 aromatic rings. The first-order chi connectivity index (χ1) is 20.7. The molecule has 0 fully saturated rings. The fourth-order valence-electron chi connectivity index (χ4n) is 5.64. The number of aliphatic carboxylic acids is 1. The number of phenolic OH excluding ortho intramolecular Hbond substituents is 1. The van der Waals surface area contributed by atoms with Gasteiger partial charge in [0, 0.05) is 44.8 Å². The Morgan fingerprint density at radius 2 is 1.57 bits per heavy atom. The van der Waals surface area contributed by atoms with Crippen LogP contribution >= 0.6 is 11.8 Å². The maximum absolute atomic E-state index is 13.0. The minimum absolute atomic E-state index is 0.143. The molecule has 2 N–H and O–H groups in total. The topological polar surface area (TPSA) is 83.8 Å². The summed E-state index contributed by atoms with van der Waals surface area (Å²) >= 11 is 1.72. The van der Waals surface area contributed by atoms with Gasteiger partial charge in [-0.2, -0.15) is 22.0 Å². The van der Waals surface area contributed by atoms with Crippen molar-refractivity contribution in [3.63, 3.8) is 0 Å². The van der Waals surface area contributed by atoms with Gasteiger partial charge in [0.15, 0.2) is 6.61 Å². The number of benzene rings is 2. The summed E-state index contributed by atoms with van der Waals surface area (Å²) in [6, 6.07) is 13.2. The predicted molar refractivity (Wildman–Crippen MR) is 164 cm³/mol. The summed E-state index contributed by atoms with van der Waals surface area (Å²) < 4.78 is 79.9. The van der Waals surface area contributed by atoms with Gasteiger partial charge in [-0.1, -0.05) is 63.6 Å². The maximum atomic E-state index is 13.0. The van der Waals surface area contributed by atoms with Gasteiger partial charge >= 0.3 is 18.1 Å². The third kappa shape index (κ3) is 10.4. The number of rotatable bonds is 18. The van der Waals surface area contributed by atoms with Gasteiger partial charge in [0.2, 0.25) is 0 Å². The minimum Gasteiger partial charge on any atom is -0.508 e. The Labute approximate surface area is 262 Å². The van der Waals surface area contributed by atoms with Crippen LogP contribution in [0.3, 0.4) is 0 Å². The maximum Gasteiger partial charge on any atom is 0.453 e. The Morgan fingerprint density at radius 3 is 2.20 bits per heavy atom. The quantitative estimate of drug-likeness (QED) is 0.122. The third-order valence-corrected chi connectivity index (χ3v) is 11.1. The summed E-state index contributed by atoms with van der Waals surface area (Å²) in [5, 5.41) is 18.9. The Hall–Kier alpha value is -2.34. The van der Waals surface area contributed by atoms with Gasteiger partial charge in [-0.15, -0.1) is 11.8 Å². The molecule has 246 valence electrons. The third-order valence-electron chi connectivity index (χ3n) is 8.19. The largest absolute Gasteiger partial charge is 0.508 e. The lowest BCUT2D eigenvalue weighted by Gasteiger charge is -2.43. The van der Waals surface area contributed by atoms with E-state index in [2.05, 4.69) is 6.92 Å². The van der Waals surface area contributed by atoms with E-state index in [1.807, 2.05) is 24.3 Å². The zero-order valence-corrected chi connectivity index (χ0v) is 26.5. The number of aromatic hydroxyl groups is 1. The Kier molecular flexibility index (Phi) is 13.4. The summed E-state index contributed by atoms with van der Waals surface area (Å²) in [5.41, 5.74) is 2.17. The van der Waals surface area contributed by atoms with Crippen molar-refractivity contribution < 1.29 is 45.9 Å². The number of alkyl halides is 5. The first kappa shape index (κ1) is 36.1. The highest BCUT2D eigenvalue weighted by Gasteiger charge is 2.56. The van der Waals surface area contributed by atoms with E-state index in [0.29, 0.717) is 17.9 Å². The van der Waals surface area contributed by atoms with Crippen molar-refractivity contribution in [3.8, 4) is 11.5 Å². The number of carboxylic acid groups (broad SMARTS) is 1. The molecule has 0 radical (unpaired) electrons. The van der Waals surface area contributed by atoms with Crippen molar-refractivity contribution in [3.05, 3.63) is 53.6 Å². The van der Waals surface area contributed by atoms with Crippen LogP contribution in [0.15, 0.2) is 47.4 Å². The van der Waals surface area contributed by atoms with E-state index >= 15 is 0 Å². The monoisotopic (exact) mass is 664 g/mol. The molecular formula is C32H41F5O5S2. The molecule has 3 atom stereocenters. The van der Waals surface area contributed by atoms with Crippen molar-refractivity contribution in [2.75, 3.05) is 23.9 Å². The van der Waals surface area contributed by atoms with Crippen molar-refractivity contribution in [2.45, 2.75) is 99.5 Å². The zero-order chi connectivity index (χ0) is 32.4. The molecule has 2 aromatic carbocycles. The van der Waals surface area contributed by atoms with Crippen molar-refractivity contribution in [1.29, 1.82) is 0 Å². The number of thioether (sulfide) groups is 1. The summed E-state index contributed by atoms with van der Waals surface area (Å²) in [7, 11) is -1.39. The lowest BCUT2D eigenvalue weighted by atomic mass is 9.68. The van der Waals surface area contributed by atoms with Crippen molar-refractivity contribution in [2.24, 2.45) is 0 Å². The first-order valence-electron chi connectivity index (χ1n) is 14.9. The van der Waals surface area contributed by atoms with Crippen LogP contribution in [-0.4, -0.2) is 56.4 Å². The molecule has 44 heavy (non-hydrogen) atoms. The minimum atomic E-state index is -5.56. The van der Waals surface area contributed by atoms with Gasteiger partial charge in [0.25, 0.3) is 0 Å². The van der Waals surface area contributed by atoms with Gasteiger partial charge in [-0.05, 0) is 60.6 Å². The van der Waals surface area contributed by atoms with Crippen molar-refractivity contribution >= 4 is 28.5 Å². The molecule has 1 aliphatic heterocycles. The van der Waals surface area contributed by atoms with Crippen LogP contribution in [0.2, 0.25) is 0 Å². The second-order valence-corrected chi connectivity index (χ2v) is 14.3. The van der Waals surface area contributed by atoms with Gasteiger partial charge in [0.1, 0.15) is 11.5 Å². The molecule has 12 heteroatoms. The summed E-state index contributed by atoms with van der Waals surface area (Å²) in [4.78, 5) is 11.9. The zero-order valence-electron chi connectivity index (χ0n) is 24.8. The highest BCUT2D eigenvalue weighted by atomic mass is 32.2. The van der Waals surface area contributed by atoms with Gasteiger partial charge in [-0.25, -0.2) is 4.79 Å². The number of unbranched alkanes of at least 4 members (excludes halogenated alkanes) is 6. The second kappa shape index (κ2) is 16.3. The number of fused-ring (bicyclic) bond motifs is 1. The van der Waals surface area contributed by atoms with E-state index < -0.39 is 48.3 Å². The first-order valence-corrected chi connectivity index (χ1v) is 17.4. The normalized spacial score (nSPS) is 19.4. The van der Waals surface area contributed by atoms with Crippen LogP contribution in [-0.2, 0) is 21.0 Å². The molecule has 0 saturated carbocycles. The molecule has 0 saturated heterocycles. The molecule has 0 aromatic heterocycles. The Balaban J connectivity index is 1.43. The molecule has 0 amide bonds. The van der Waals surface area contributed by atoms with Gasteiger partial charge in [-0.3, -0.25) is 4.21 Å². The van der Waals surface area contributed by atoms with Crippen LogP contribution in [0, 0.1) is 0 Å². The highest BCUT2D eigenvalue weighted by Crippen LogP contribution is 2.52. The fourth-order valence-corrected chi connectivity index (χ4v) is 8.24. The second-order valence-electron chi connectivity index (χ2n) is 11.6. The summed E-state index contributed by atoms with van der Waals surface area (Å²) in [6.07, 6.45) is 0.170. The summed E-state index contributed by atoms with van der Waals surface area (Å²) in [5.74, 6) is -3.80. The molecular weight excluding hydrogens is 623 g/mol. The van der Waals surface area contributed by atoms with E-state index in [4.69, 9.17) is 9.84 Å². The Bertz CT molecular complexity index is 1240. The number of halogens is 5. The van der Waals surface area contributed by atoms with E-state index in [9.17, 15) is 36.1 Å². The van der Waals surface area contributed by atoms with Crippen LogP contribution < -0.4 is 4.74 Å². The molecule has 3 rings (SSSR count). The molecule has 1 aliphatic rings. The van der Waals surface area contributed by atoms with Gasteiger partial charge in [0.05, 0.1) is 0 Å². The lowest BCUT2D eigenvalue weighted by molar-refractivity contribution is -0.284. The van der Waals surface area contributed by atoms with E-state index in [0.717, 1.165) is 61.2 Å². The molecule has 0 bridgehead atoms. The number of carbonyl (C=O) groups is 1. The summed E-state index contributed by atoms with van der Waals surface area (Å²) in [6.45, 7) is 1.85. The fraction of sp³-hybridized carbons (Fsp3) is 0.594. The average molecular weight is 665 g/mol. The predicted octanol–water partition coefficient (Wildman–Crippen LogP) is 8.85. The molecule has 1 heterocycles. The molecule has 3 unspecified atom stereocenters. The van der Waals surface area contributed by atoms with E-state index in [1.54, 1.807) is 30.0 Å². The standard InChI is InChI=1S/C32H41F5O5S2/c1-30(23-11-14-25(15-12-23)42-21-29(39)40)22-43-28-20-24(38)13-16-26(28)27(30)10-7-5-3-2-4-6-8-18-44(41)19-9-17-31(33,34)32(35,36)37/h11-16,20,27,38H,2-10,17-19,21-22H2,1H3,(H,39,40). The average Bonchev–Trinajstić information content (AvgIpc) is 2.95. The van der Waals surface area contributed by atoms with Crippen LogP contribution in [0.1, 0.15) is 88.2 Å². The Morgan fingerprint density at radius 1 is 0.955 bits per heavy atom. The number of phenols is 1. The number of hydrogen-bond donors (Lipinski definition) is 2. The lowest BCUT2D eigenvalue weighted by Crippen LogP contribution is -2.36. The van der Waals surface area contributed by atoms with Crippen LogP contribution in [0.5, 0.6) is 11.5 Å².